The van der Waals surface area contributed by atoms with E-state index in [2.05, 4.69) is 15.1 Å². The van der Waals surface area contributed by atoms with E-state index in [9.17, 15) is 4.79 Å². The van der Waals surface area contributed by atoms with Crippen molar-refractivity contribution in [2.24, 2.45) is 0 Å². The number of hydrogen-bond donors (Lipinski definition) is 1. The van der Waals surface area contributed by atoms with Gasteiger partial charge in [-0.25, -0.2) is 4.79 Å². The van der Waals surface area contributed by atoms with Gasteiger partial charge in [0.25, 0.3) is 11.7 Å². The number of carbonyl (C=O) groups is 1. The van der Waals surface area contributed by atoms with Crippen LogP contribution in [-0.2, 0) is 0 Å². The first kappa shape index (κ1) is 9.60. The van der Waals surface area contributed by atoms with E-state index in [1.54, 1.807) is 6.07 Å². The summed E-state index contributed by atoms with van der Waals surface area (Å²) in [5, 5.41) is 12.2. The van der Waals surface area contributed by atoms with E-state index in [-0.39, 0.29) is 5.89 Å². The average molecular weight is 226 g/mol. The van der Waals surface area contributed by atoms with Crippen LogP contribution < -0.4 is 0 Å². The Balaban J connectivity index is 2.46. The summed E-state index contributed by atoms with van der Waals surface area (Å²) in [5.74, 6) is -1.60. The first-order valence-corrected chi connectivity index (χ1v) is 4.23. The zero-order chi connectivity index (χ0) is 10.8. The molecule has 15 heavy (non-hydrogen) atoms. The highest BCUT2D eigenvalue weighted by Crippen LogP contribution is 2.24. The summed E-state index contributed by atoms with van der Waals surface area (Å²) < 4.78 is 4.74. The van der Waals surface area contributed by atoms with E-state index in [4.69, 9.17) is 21.2 Å². The molecule has 0 radical (unpaired) electrons. The lowest BCUT2D eigenvalue weighted by Gasteiger charge is -1.94. The topological polar surface area (TPSA) is 89.1 Å². The van der Waals surface area contributed by atoms with Gasteiger partial charge in [-0.15, -0.1) is 0 Å². The molecule has 0 aliphatic rings. The molecule has 6 nitrogen and oxygen atoms in total. The summed E-state index contributed by atoms with van der Waals surface area (Å²) in [6, 6.07) is 1.56. The number of hydrogen-bond acceptors (Lipinski definition) is 5. The van der Waals surface area contributed by atoms with E-state index in [1.807, 2.05) is 0 Å². The highest BCUT2D eigenvalue weighted by atomic mass is 35.5. The van der Waals surface area contributed by atoms with Crippen molar-refractivity contribution in [3.8, 4) is 11.5 Å². The molecule has 0 bridgehead atoms. The molecule has 0 aliphatic heterocycles. The Hall–Kier alpha value is -1.95. The van der Waals surface area contributed by atoms with E-state index >= 15 is 0 Å². The Bertz CT molecular complexity index is 511. The van der Waals surface area contributed by atoms with Crippen LogP contribution >= 0.6 is 11.6 Å². The highest BCUT2D eigenvalue weighted by Gasteiger charge is 2.15. The predicted octanol–water partition coefficient (Wildman–Crippen LogP) is 1.48. The third-order valence-corrected chi connectivity index (χ3v) is 1.92. The Morgan fingerprint density at radius 3 is 2.93 bits per heavy atom. The minimum Gasteiger partial charge on any atom is -0.475 e. The van der Waals surface area contributed by atoms with Crippen LogP contribution in [0.15, 0.2) is 23.0 Å². The van der Waals surface area contributed by atoms with Gasteiger partial charge in [0.2, 0.25) is 0 Å². The SMILES string of the molecule is O=C(O)c1noc(-c2ccncc2Cl)n1. The van der Waals surface area contributed by atoms with Gasteiger partial charge in [-0.1, -0.05) is 11.6 Å². The summed E-state index contributed by atoms with van der Waals surface area (Å²) >= 11 is 5.81. The second kappa shape index (κ2) is 3.66. The molecule has 2 aromatic rings. The molecule has 0 aromatic carbocycles. The third-order valence-electron chi connectivity index (χ3n) is 1.62. The van der Waals surface area contributed by atoms with Crippen LogP contribution in [0.1, 0.15) is 10.6 Å². The molecule has 0 atom stereocenters. The minimum atomic E-state index is -1.25. The second-order valence-electron chi connectivity index (χ2n) is 2.58. The van der Waals surface area contributed by atoms with Crippen molar-refractivity contribution in [3.05, 3.63) is 29.3 Å². The number of carboxylic acid groups (broad SMARTS) is 1. The maximum absolute atomic E-state index is 10.5. The Labute approximate surface area is 88.5 Å². The number of aromatic carboxylic acids is 1. The van der Waals surface area contributed by atoms with Crippen LogP contribution in [0.2, 0.25) is 5.02 Å². The molecule has 0 saturated carbocycles. The van der Waals surface area contributed by atoms with E-state index in [0.717, 1.165) is 0 Å². The van der Waals surface area contributed by atoms with E-state index in [0.29, 0.717) is 10.6 Å². The number of carboxylic acids is 1. The fourth-order valence-corrected chi connectivity index (χ4v) is 1.17. The average Bonchev–Trinajstić information content (AvgIpc) is 2.67. The number of rotatable bonds is 2. The van der Waals surface area contributed by atoms with Crippen molar-refractivity contribution in [1.82, 2.24) is 15.1 Å². The molecule has 0 aliphatic carbocycles. The van der Waals surface area contributed by atoms with Crippen LogP contribution in [0.4, 0.5) is 0 Å². The van der Waals surface area contributed by atoms with Crippen molar-refractivity contribution >= 4 is 17.6 Å². The summed E-state index contributed by atoms with van der Waals surface area (Å²) in [5.41, 5.74) is 0.451. The van der Waals surface area contributed by atoms with Gasteiger partial charge in [0, 0.05) is 12.4 Å². The lowest BCUT2D eigenvalue weighted by molar-refractivity contribution is 0.0680. The summed E-state index contributed by atoms with van der Waals surface area (Å²) in [7, 11) is 0. The van der Waals surface area contributed by atoms with Crippen molar-refractivity contribution in [2.45, 2.75) is 0 Å². The van der Waals surface area contributed by atoms with Gasteiger partial charge in [0.15, 0.2) is 0 Å². The first-order chi connectivity index (χ1) is 7.18. The van der Waals surface area contributed by atoms with Crippen LogP contribution in [0.5, 0.6) is 0 Å². The fourth-order valence-electron chi connectivity index (χ4n) is 0.968. The van der Waals surface area contributed by atoms with Gasteiger partial charge in [0.05, 0.1) is 10.6 Å². The lowest BCUT2D eigenvalue weighted by Crippen LogP contribution is -1.98. The third kappa shape index (κ3) is 1.79. The van der Waals surface area contributed by atoms with Gasteiger partial charge < -0.3 is 9.63 Å². The molecule has 0 spiro atoms. The minimum absolute atomic E-state index is 0.0554. The van der Waals surface area contributed by atoms with Crippen LogP contribution in [0, 0.1) is 0 Å². The maximum Gasteiger partial charge on any atom is 0.377 e. The van der Waals surface area contributed by atoms with Gasteiger partial charge in [-0.3, -0.25) is 4.98 Å². The number of nitrogens with zero attached hydrogens (tertiary/aromatic N) is 3. The quantitative estimate of drug-likeness (QED) is 0.833. The van der Waals surface area contributed by atoms with Gasteiger partial charge in [-0.2, -0.15) is 4.98 Å². The van der Waals surface area contributed by atoms with Crippen LogP contribution in [0.25, 0.3) is 11.5 Å². The zero-order valence-electron chi connectivity index (χ0n) is 7.22. The summed E-state index contributed by atoms with van der Waals surface area (Å²) in [6.45, 7) is 0. The van der Waals surface area contributed by atoms with E-state index in [1.165, 1.54) is 12.4 Å². The van der Waals surface area contributed by atoms with Gasteiger partial charge >= 0.3 is 5.97 Å². The van der Waals surface area contributed by atoms with Crippen LogP contribution in [0.3, 0.4) is 0 Å². The zero-order valence-corrected chi connectivity index (χ0v) is 7.97. The number of pyridine rings is 1. The number of aromatic nitrogens is 3. The molecule has 0 fully saturated rings. The standard InChI is InChI=1S/C8H4ClN3O3/c9-5-3-10-2-1-4(5)7-11-6(8(13)14)12-15-7/h1-3H,(H,13,14). The number of halogens is 1. The van der Waals surface area contributed by atoms with Crippen molar-refractivity contribution in [1.29, 1.82) is 0 Å². The molecular weight excluding hydrogens is 222 g/mol. The molecular formula is C8H4ClN3O3. The summed E-state index contributed by atoms with van der Waals surface area (Å²) in [4.78, 5) is 17.9. The normalized spacial score (nSPS) is 10.2. The predicted molar refractivity (Wildman–Crippen MR) is 49.5 cm³/mol. The molecule has 0 amide bonds. The smallest absolute Gasteiger partial charge is 0.377 e. The molecule has 2 heterocycles. The van der Waals surface area contributed by atoms with Gasteiger partial charge in [0.1, 0.15) is 0 Å². The van der Waals surface area contributed by atoms with E-state index < -0.39 is 11.8 Å². The Kier molecular flexibility index (Phi) is 2.34. The Morgan fingerprint density at radius 2 is 2.33 bits per heavy atom. The second-order valence-corrected chi connectivity index (χ2v) is 2.99. The van der Waals surface area contributed by atoms with Crippen LogP contribution in [-0.4, -0.2) is 26.2 Å². The Morgan fingerprint density at radius 1 is 1.53 bits per heavy atom. The molecule has 0 saturated heterocycles. The van der Waals surface area contributed by atoms with Crippen molar-refractivity contribution in [2.75, 3.05) is 0 Å². The molecule has 0 unspecified atom stereocenters. The molecule has 76 valence electrons. The molecule has 7 heteroatoms. The highest BCUT2D eigenvalue weighted by molar-refractivity contribution is 6.32. The molecule has 2 aromatic heterocycles. The van der Waals surface area contributed by atoms with Crippen molar-refractivity contribution < 1.29 is 14.4 Å². The maximum atomic E-state index is 10.5. The summed E-state index contributed by atoms with van der Waals surface area (Å²) in [6.07, 6.45) is 2.90. The lowest BCUT2D eigenvalue weighted by atomic mass is 10.3. The monoisotopic (exact) mass is 225 g/mol. The largest absolute Gasteiger partial charge is 0.475 e. The fraction of sp³-hybridized carbons (Fsp3) is 0. The molecule has 2 rings (SSSR count). The van der Waals surface area contributed by atoms with Crippen molar-refractivity contribution in [3.63, 3.8) is 0 Å². The van der Waals surface area contributed by atoms with Gasteiger partial charge in [-0.05, 0) is 11.2 Å². The molecule has 1 N–H and O–H groups in total. The first-order valence-electron chi connectivity index (χ1n) is 3.85.